The number of benzene rings is 2. The van der Waals surface area contributed by atoms with E-state index >= 15 is 0 Å². The second-order valence-corrected chi connectivity index (χ2v) is 11.0. The van der Waals surface area contributed by atoms with Crippen molar-refractivity contribution in [3.63, 3.8) is 0 Å². The summed E-state index contributed by atoms with van der Waals surface area (Å²) in [5.74, 6) is 0.802. The van der Waals surface area contributed by atoms with E-state index in [1.165, 1.54) is 35.2 Å². The highest BCUT2D eigenvalue weighted by Gasteiger charge is 2.33. The van der Waals surface area contributed by atoms with Crippen molar-refractivity contribution in [2.75, 3.05) is 6.54 Å². The maximum absolute atomic E-state index is 13.1. The molecule has 0 radical (unpaired) electrons. The Hall–Kier alpha value is -3.51. The van der Waals surface area contributed by atoms with Gasteiger partial charge < -0.3 is 4.42 Å². The number of primary sulfonamides is 1. The largest absolute Gasteiger partial charge is 0.457 e. The lowest BCUT2D eigenvalue weighted by atomic mass is 10.2. The molecule has 1 aliphatic rings. The Morgan fingerprint density at radius 2 is 1.89 bits per heavy atom. The summed E-state index contributed by atoms with van der Waals surface area (Å²) in [7, 11) is -3.77. The lowest BCUT2D eigenvalue weighted by Gasteiger charge is -2.11. The third-order valence-corrected chi connectivity index (χ3v) is 7.91. The average Bonchev–Trinajstić information content (AvgIpc) is 3.53. The molecule has 0 saturated carbocycles. The summed E-state index contributed by atoms with van der Waals surface area (Å²) in [4.78, 5) is 24.2. The fraction of sp³-hybridized carbons (Fsp3) is 0.0417. The first kappa shape index (κ1) is 23.2. The first-order chi connectivity index (χ1) is 16.8. The van der Waals surface area contributed by atoms with Crippen LogP contribution >= 0.6 is 23.1 Å². The van der Waals surface area contributed by atoms with Crippen LogP contribution in [0.15, 0.2) is 92.5 Å². The van der Waals surface area contributed by atoms with E-state index < -0.39 is 10.0 Å². The van der Waals surface area contributed by atoms with E-state index in [-0.39, 0.29) is 10.8 Å². The number of fused-ring (bicyclic) bond motifs is 1. The van der Waals surface area contributed by atoms with Gasteiger partial charge in [0.15, 0.2) is 5.17 Å². The lowest BCUT2D eigenvalue weighted by molar-refractivity contribution is -0.121. The lowest BCUT2D eigenvalue weighted by Crippen LogP contribution is -2.29. The van der Waals surface area contributed by atoms with Crippen LogP contribution in [0.25, 0.3) is 27.6 Å². The first-order valence-electron chi connectivity index (χ1n) is 10.3. The van der Waals surface area contributed by atoms with Crippen LogP contribution in [0.5, 0.6) is 0 Å². The Bertz CT molecular complexity index is 1580. The molecule has 0 spiro atoms. The van der Waals surface area contributed by atoms with E-state index in [0.29, 0.717) is 38.8 Å². The average molecular weight is 523 g/mol. The van der Waals surface area contributed by atoms with E-state index in [4.69, 9.17) is 9.56 Å². The number of furan rings is 1. The van der Waals surface area contributed by atoms with Crippen molar-refractivity contribution in [2.45, 2.75) is 4.90 Å². The third-order valence-electron chi connectivity index (χ3n) is 5.04. The zero-order valence-electron chi connectivity index (χ0n) is 18.1. The van der Waals surface area contributed by atoms with E-state index in [9.17, 15) is 13.2 Å². The van der Waals surface area contributed by atoms with Crippen LogP contribution in [0, 0.1) is 0 Å². The number of sulfonamides is 1. The highest BCUT2D eigenvalue weighted by Crippen LogP contribution is 2.36. The number of para-hydroxylation sites is 1. The van der Waals surface area contributed by atoms with Gasteiger partial charge >= 0.3 is 0 Å². The molecule has 1 aliphatic heterocycles. The van der Waals surface area contributed by atoms with Gasteiger partial charge in [-0.3, -0.25) is 9.69 Å². The van der Waals surface area contributed by atoms with Gasteiger partial charge in [-0.1, -0.05) is 29.5 Å². The Morgan fingerprint density at radius 3 is 2.60 bits per heavy atom. The standard InChI is InChI=1S/C24H18N4O4S3/c1-2-13-28-22(29)21(34-24(28)27-23-26-18-5-3-4-6-20(18)33-23)14-16-9-12-19(32-16)15-7-10-17(11-8-15)35(25,30)31/h2-12,14H,1,13H2,(H2,25,30,31)/b21-14-,27-24+. The molecule has 1 fully saturated rings. The van der Waals surface area contributed by atoms with Gasteiger partial charge in [-0.05, 0) is 60.3 Å². The summed E-state index contributed by atoms with van der Waals surface area (Å²) in [5, 5.41) is 6.24. The van der Waals surface area contributed by atoms with E-state index in [2.05, 4.69) is 16.6 Å². The van der Waals surface area contributed by atoms with Gasteiger partial charge in [0.25, 0.3) is 5.91 Å². The van der Waals surface area contributed by atoms with Crippen LogP contribution < -0.4 is 5.14 Å². The molecule has 0 bridgehead atoms. The van der Waals surface area contributed by atoms with Crippen LogP contribution in [-0.4, -0.2) is 35.9 Å². The number of nitrogens with zero attached hydrogens (tertiary/aromatic N) is 3. The van der Waals surface area contributed by atoms with Gasteiger partial charge in [-0.25, -0.2) is 18.5 Å². The van der Waals surface area contributed by atoms with Crippen molar-refractivity contribution >= 4 is 65.6 Å². The Kier molecular flexibility index (Phi) is 6.15. The molecule has 0 atom stereocenters. The number of carbonyl (C=O) groups is 1. The van der Waals surface area contributed by atoms with E-state index in [1.807, 2.05) is 24.3 Å². The number of thioether (sulfide) groups is 1. The molecule has 0 aliphatic carbocycles. The summed E-state index contributed by atoms with van der Waals surface area (Å²) in [6.07, 6.45) is 3.30. The summed E-state index contributed by atoms with van der Waals surface area (Å²) in [6, 6.07) is 17.3. The predicted molar refractivity (Wildman–Crippen MR) is 140 cm³/mol. The topological polar surface area (TPSA) is 119 Å². The number of amidine groups is 1. The molecular weight excluding hydrogens is 504 g/mol. The molecule has 1 amide bonds. The number of nitrogens with two attached hydrogens (primary N) is 1. The predicted octanol–water partition coefficient (Wildman–Crippen LogP) is 4.99. The molecule has 176 valence electrons. The zero-order chi connectivity index (χ0) is 24.6. The number of hydrogen-bond donors (Lipinski definition) is 1. The summed E-state index contributed by atoms with van der Waals surface area (Å²) >= 11 is 2.70. The third kappa shape index (κ3) is 4.84. The number of carbonyl (C=O) groups excluding carboxylic acids is 1. The number of thiazole rings is 1. The minimum Gasteiger partial charge on any atom is -0.457 e. The number of aromatic nitrogens is 1. The Labute approximate surface area is 209 Å². The second kappa shape index (κ2) is 9.27. The number of rotatable bonds is 6. The molecule has 8 nitrogen and oxygen atoms in total. The smallest absolute Gasteiger partial charge is 0.267 e. The number of amides is 1. The number of aliphatic imine (C=N–C) groups is 1. The zero-order valence-corrected chi connectivity index (χ0v) is 20.6. The molecule has 35 heavy (non-hydrogen) atoms. The molecule has 1 saturated heterocycles. The summed E-state index contributed by atoms with van der Waals surface area (Å²) in [6.45, 7) is 4.06. The van der Waals surface area contributed by atoms with Gasteiger partial charge in [0, 0.05) is 18.2 Å². The van der Waals surface area contributed by atoms with Gasteiger partial charge in [0.05, 0.1) is 20.0 Å². The van der Waals surface area contributed by atoms with Crippen molar-refractivity contribution in [1.82, 2.24) is 9.88 Å². The molecule has 4 aromatic rings. The molecule has 11 heteroatoms. The Morgan fingerprint density at radius 1 is 1.11 bits per heavy atom. The molecule has 2 aromatic heterocycles. The van der Waals surface area contributed by atoms with Gasteiger partial charge in [-0.15, -0.1) is 6.58 Å². The highest BCUT2D eigenvalue weighted by atomic mass is 32.2. The summed E-state index contributed by atoms with van der Waals surface area (Å²) < 4.78 is 29.8. The van der Waals surface area contributed by atoms with Crippen molar-refractivity contribution in [3.05, 3.63) is 84.0 Å². The molecule has 0 unspecified atom stereocenters. The summed E-state index contributed by atoms with van der Waals surface area (Å²) in [5.41, 5.74) is 1.54. The van der Waals surface area contributed by atoms with Crippen LogP contribution in [-0.2, 0) is 14.8 Å². The molecule has 2 N–H and O–H groups in total. The fourth-order valence-electron chi connectivity index (χ4n) is 3.39. The van der Waals surface area contributed by atoms with Crippen molar-refractivity contribution in [2.24, 2.45) is 10.1 Å². The van der Waals surface area contributed by atoms with Crippen molar-refractivity contribution in [3.8, 4) is 11.3 Å². The fourth-order valence-corrected chi connectivity index (χ4v) is 5.77. The monoisotopic (exact) mass is 522 g/mol. The van der Waals surface area contributed by atoms with Crippen molar-refractivity contribution in [1.29, 1.82) is 0 Å². The van der Waals surface area contributed by atoms with Crippen molar-refractivity contribution < 1.29 is 17.6 Å². The highest BCUT2D eigenvalue weighted by molar-refractivity contribution is 8.18. The Balaban J connectivity index is 1.42. The van der Waals surface area contributed by atoms with E-state index in [1.54, 1.807) is 41.3 Å². The SMILES string of the molecule is C=CCN1C(=O)/C(=C/c2ccc(-c3ccc(S(N)(=O)=O)cc3)o2)S/C1=N/c1nc2ccccc2s1. The van der Waals surface area contributed by atoms with Crippen LogP contribution in [0.2, 0.25) is 0 Å². The second-order valence-electron chi connectivity index (χ2n) is 7.45. The normalized spacial score (nSPS) is 16.6. The molecule has 2 aromatic carbocycles. The van der Waals surface area contributed by atoms with Crippen LogP contribution in [0.3, 0.4) is 0 Å². The minimum atomic E-state index is -3.77. The maximum Gasteiger partial charge on any atom is 0.267 e. The van der Waals surface area contributed by atoms with Crippen LogP contribution in [0.4, 0.5) is 5.13 Å². The van der Waals surface area contributed by atoms with Gasteiger partial charge in [0.1, 0.15) is 11.5 Å². The number of hydrogen-bond acceptors (Lipinski definition) is 8. The quantitative estimate of drug-likeness (QED) is 0.281. The van der Waals surface area contributed by atoms with Gasteiger partial charge in [-0.2, -0.15) is 4.99 Å². The van der Waals surface area contributed by atoms with E-state index in [0.717, 1.165) is 10.2 Å². The van der Waals surface area contributed by atoms with Gasteiger partial charge in [0.2, 0.25) is 15.2 Å². The molecular formula is C24H18N4O4S3. The minimum absolute atomic E-state index is 0.0188. The molecule has 5 rings (SSSR count). The maximum atomic E-state index is 13.1. The first-order valence-corrected chi connectivity index (χ1v) is 13.5. The molecule has 3 heterocycles. The van der Waals surface area contributed by atoms with Crippen LogP contribution in [0.1, 0.15) is 5.76 Å².